The number of carbonyl (C=O) groups excluding carboxylic acids is 1. The van der Waals surface area contributed by atoms with Crippen LogP contribution in [-0.4, -0.2) is 25.0 Å². The first kappa shape index (κ1) is 8.53. The van der Waals surface area contributed by atoms with Crippen molar-refractivity contribution in [2.24, 2.45) is 0 Å². The molecule has 3 nitrogen and oxygen atoms in total. The van der Waals surface area contributed by atoms with Gasteiger partial charge in [-0.05, 0) is 19.4 Å². The van der Waals surface area contributed by atoms with Crippen LogP contribution in [0.4, 0.5) is 0 Å². The van der Waals surface area contributed by atoms with Crippen LogP contribution in [0.3, 0.4) is 0 Å². The molecule has 1 aliphatic rings. The van der Waals surface area contributed by atoms with Gasteiger partial charge in [0.2, 0.25) is 5.91 Å². The molecule has 2 N–H and O–H groups in total. The molecule has 1 rings (SSSR count). The summed E-state index contributed by atoms with van der Waals surface area (Å²) in [6.45, 7) is 4.00. The molecule has 0 saturated carbocycles. The highest BCUT2D eigenvalue weighted by Crippen LogP contribution is 1.97. The smallest absolute Gasteiger partial charge is 0.220 e. The Hall–Kier alpha value is -0.570. The van der Waals surface area contributed by atoms with Gasteiger partial charge in [-0.3, -0.25) is 4.79 Å². The Morgan fingerprint density at radius 1 is 1.73 bits per heavy atom. The van der Waals surface area contributed by atoms with Gasteiger partial charge in [-0.15, -0.1) is 0 Å². The lowest BCUT2D eigenvalue weighted by molar-refractivity contribution is -0.121. The zero-order valence-corrected chi connectivity index (χ0v) is 7.02. The molecule has 64 valence electrons. The Morgan fingerprint density at radius 3 is 3.09 bits per heavy atom. The number of rotatable bonds is 3. The molecule has 1 heterocycles. The van der Waals surface area contributed by atoms with Crippen LogP contribution in [0.2, 0.25) is 0 Å². The van der Waals surface area contributed by atoms with Gasteiger partial charge in [-0.25, -0.2) is 0 Å². The number of hydrogen-bond acceptors (Lipinski definition) is 2. The highest BCUT2D eigenvalue weighted by atomic mass is 16.1. The lowest BCUT2D eigenvalue weighted by atomic mass is 10.2. The van der Waals surface area contributed by atoms with Crippen molar-refractivity contribution in [3.8, 4) is 0 Å². The van der Waals surface area contributed by atoms with Crippen molar-refractivity contribution >= 4 is 5.91 Å². The Bertz CT molecular complexity index is 130. The van der Waals surface area contributed by atoms with Gasteiger partial charge in [0, 0.05) is 19.0 Å². The Morgan fingerprint density at radius 2 is 2.55 bits per heavy atom. The first-order valence-corrected chi connectivity index (χ1v) is 4.33. The third-order valence-electron chi connectivity index (χ3n) is 1.90. The maximum absolute atomic E-state index is 11.1. The summed E-state index contributed by atoms with van der Waals surface area (Å²) in [5.41, 5.74) is 0. The quantitative estimate of drug-likeness (QED) is 0.615. The summed E-state index contributed by atoms with van der Waals surface area (Å²) in [5, 5.41) is 6.18. The second kappa shape index (κ2) is 4.34. The number of nitrogens with one attached hydrogen (secondary N) is 2. The summed E-state index contributed by atoms with van der Waals surface area (Å²) in [5.74, 6) is 0.196. The average Bonchev–Trinajstić information content (AvgIpc) is 2.40. The Balaban J connectivity index is 2.13. The van der Waals surface area contributed by atoms with Crippen molar-refractivity contribution in [2.75, 3.05) is 13.1 Å². The van der Waals surface area contributed by atoms with E-state index < -0.39 is 0 Å². The highest BCUT2D eigenvalue weighted by Gasteiger charge is 2.15. The van der Waals surface area contributed by atoms with Crippen LogP contribution in [0, 0.1) is 0 Å². The van der Waals surface area contributed by atoms with Crippen molar-refractivity contribution in [2.45, 2.75) is 32.2 Å². The molecule has 1 atom stereocenters. The highest BCUT2D eigenvalue weighted by molar-refractivity contribution is 5.76. The van der Waals surface area contributed by atoms with Crippen molar-refractivity contribution in [3.63, 3.8) is 0 Å². The first-order valence-electron chi connectivity index (χ1n) is 4.33. The predicted molar refractivity (Wildman–Crippen MR) is 44.3 cm³/mol. The van der Waals surface area contributed by atoms with Crippen LogP contribution in [0.15, 0.2) is 0 Å². The molecule has 0 spiro atoms. The lowest BCUT2D eigenvalue weighted by Gasteiger charge is -2.09. The van der Waals surface area contributed by atoms with Crippen LogP contribution in [0.5, 0.6) is 0 Å². The second-order valence-corrected chi connectivity index (χ2v) is 3.01. The molecule has 0 aromatic heterocycles. The second-order valence-electron chi connectivity index (χ2n) is 3.01. The summed E-state index contributed by atoms with van der Waals surface area (Å²) in [7, 11) is 0. The normalized spacial score (nSPS) is 23.5. The van der Waals surface area contributed by atoms with Crippen molar-refractivity contribution < 1.29 is 4.79 Å². The molecule has 1 fully saturated rings. The van der Waals surface area contributed by atoms with Gasteiger partial charge in [0.05, 0.1) is 0 Å². The van der Waals surface area contributed by atoms with E-state index in [-0.39, 0.29) is 5.91 Å². The third-order valence-corrected chi connectivity index (χ3v) is 1.90. The minimum absolute atomic E-state index is 0.196. The van der Waals surface area contributed by atoms with Crippen LogP contribution in [0.1, 0.15) is 26.2 Å². The lowest BCUT2D eigenvalue weighted by Crippen LogP contribution is -2.35. The monoisotopic (exact) mass is 156 g/mol. The fourth-order valence-electron chi connectivity index (χ4n) is 1.30. The Labute approximate surface area is 67.5 Å². The van der Waals surface area contributed by atoms with E-state index in [1.807, 2.05) is 6.92 Å². The molecule has 0 unspecified atom stereocenters. The standard InChI is InChI=1S/C8H16N2O/c1-2-3-8(11)10-7-4-5-9-6-7/h7,9H,2-6H2,1H3,(H,10,11)/t7-/m0/s1. The maximum Gasteiger partial charge on any atom is 0.220 e. The molecule has 3 heteroatoms. The molecule has 1 amide bonds. The predicted octanol–water partition coefficient (Wildman–Crippen LogP) is 0.265. The van der Waals surface area contributed by atoms with Gasteiger partial charge < -0.3 is 10.6 Å². The van der Waals surface area contributed by atoms with E-state index in [4.69, 9.17) is 0 Å². The van der Waals surface area contributed by atoms with Crippen LogP contribution < -0.4 is 10.6 Å². The van der Waals surface area contributed by atoms with Gasteiger partial charge in [-0.1, -0.05) is 6.92 Å². The largest absolute Gasteiger partial charge is 0.352 e. The fraction of sp³-hybridized carbons (Fsp3) is 0.875. The summed E-state index contributed by atoms with van der Waals surface area (Å²) >= 11 is 0. The maximum atomic E-state index is 11.1. The summed E-state index contributed by atoms with van der Waals surface area (Å²) in [6.07, 6.45) is 2.68. The van der Waals surface area contributed by atoms with Crippen LogP contribution >= 0.6 is 0 Å². The van der Waals surface area contributed by atoms with Gasteiger partial charge in [0.1, 0.15) is 0 Å². The number of carbonyl (C=O) groups is 1. The van der Waals surface area contributed by atoms with Crippen molar-refractivity contribution in [1.82, 2.24) is 10.6 Å². The van der Waals surface area contributed by atoms with Gasteiger partial charge >= 0.3 is 0 Å². The van der Waals surface area contributed by atoms with Crippen molar-refractivity contribution in [3.05, 3.63) is 0 Å². The van der Waals surface area contributed by atoms with Crippen LogP contribution in [-0.2, 0) is 4.79 Å². The van der Waals surface area contributed by atoms with E-state index in [0.717, 1.165) is 25.9 Å². The molecule has 0 bridgehead atoms. The van der Waals surface area contributed by atoms with Gasteiger partial charge in [0.25, 0.3) is 0 Å². The first-order chi connectivity index (χ1) is 5.33. The summed E-state index contributed by atoms with van der Waals surface area (Å²) in [4.78, 5) is 11.1. The Kier molecular flexibility index (Phi) is 3.36. The van der Waals surface area contributed by atoms with E-state index in [0.29, 0.717) is 12.5 Å². The summed E-state index contributed by atoms with van der Waals surface area (Å²) in [6, 6.07) is 0.383. The number of hydrogen-bond donors (Lipinski definition) is 2. The molecule has 11 heavy (non-hydrogen) atoms. The molecule has 0 radical (unpaired) electrons. The fourth-order valence-corrected chi connectivity index (χ4v) is 1.30. The third kappa shape index (κ3) is 2.89. The zero-order chi connectivity index (χ0) is 8.10. The van der Waals surface area contributed by atoms with E-state index in [2.05, 4.69) is 10.6 Å². The molecule has 1 saturated heterocycles. The molecular formula is C8H16N2O. The van der Waals surface area contributed by atoms with E-state index in [1.54, 1.807) is 0 Å². The molecule has 0 aliphatic carbocycles. The topological polar surface area (TPSA) is 41.1 Å². The molecule has 0 aromatic carbocycles. The van der Waals surface area contributed by atoms with Crippen molar-refractivity contribution in [1.29, 1.82) is 0 Å². The van der Waals surface area contributed by atoms with E-state index >= 15 is 0 Å². The molecular weight excluding hydrogens is 140 g/mol. The molecule has 0 aromatic rings. The average molecular weight is 156 g/mol. The SMILES string of the molecule is CCCC(=O)N[C@H]1CCNC1. The minimum atomic E-state index is 0.196. The summed E-state index contributed by atoms with van der Waals surface area (Å²) < 4.78 is 0. The van der Waals surface area contributed by atoms with E-state index in [1.165, 1.54) is 0 Å². The molecule has 1 aliphatic heterocycles. The number of amides is 1. The van der Waals surface area contributed by atoms with Gasteiger partial charge in [-0.2, -0.15) is 0 Å². The minimum Gasteiger partial charge on any atom is -0.352 e. The van der Waals surface area contributed by atoms with Gasteiger partial charge in [0.15, 0.2) is 0 Å². The zero-order valence-electron chi connectivity index (χ0n) is 7.02. The van der Waals surface area contributed by atoms with E-state index in [9.17, 15) is 4.79 Å². The van der Waals surface area contributed by atoms with Crippen LogP contribution in [0.25, 0.3) is 0 Å².